The van der Waals surface area contributed by atoms with Crippen LogP contribution in [0.5, 0.6) is 0 Å². The van der Waals surface area contributed by atoms with Gasteiger partial charge in [-0.25, -0.2) is 9.37 Å². The van der Waals surface area contributed by atoms with Crippen molar-refractivity contribution >= 4 is 22.9 Å². The van der Waals surface area contributed by atoms with Crippen molar-refractivity contribution in [3.63, 3.8) is 0 Å². The van der Waals surface area contributed by atoms with Crippen molar-refractivity contribution in [1.82, 2.24) is 10.3 Å². The van der Waals surface area contributed by atoms with Crippen LogP contribution in [0.1, 0.15) is 36.4 Å². The molecule has 2 rings (SSSR count). The predicted octanol–water partition coefficient (Wildman–Crippen LogP) is 4.39. The maximum atomic E-state index is 13.0. The highest BCUT2D eigenvalue weighted by Crippen LogP contribution is 2.24. The Morgan fingerprint density at radius 1 is 1.42 bits per heavy atom. The van der Waals surface area contributed by atoms with Crippen LogP contribution in [0.2, 0.25) is 5.02 Å². The maximum Gasteiger partial charge on any atom is 0.124 e. The van der Waals surface area contributed by atoms with E-state index in [2.05, 4.69) is 17.2 Å². The molecule has 0 aliphatic carbocycles. The van der Waals surface area contributed by atoms with E-state index in [9.17, 15) is 4.39 Å². The third kappa shape index (κ3) is 3.75. The van der Waals surface area contributed by atoms with Gasteiger partial charge in [-0.3, -0.25) is 0 Å². The summed E-state index contributed by atoms with van der Waals surface area (Å²) in [5.41, 5.74) is 0.911. The van der Waals surface area contributed by atoms with Gasteiger partial charge >= 0.3 is 0 Å². The van der Waals surface area contributed by atoms with E-state index in [4.69, 9.17) is 11.6 Å². The SMILES string of the molecule is CC(CNC(C)c1ccc(F)cc1Cl)c1nccs1. The van der Waals surface area contributed by atoms with Crippen molar-refractivity contribution in [2.45, 2.75) is 25.8 Å². The molecule has 0 amide bonds. The smallest absolute Gasteiger partial charge is 0.124 e. The first kappa shape index (κ1) is 14.4. The van der Waals surface area contributed by atoms with Crippen LogP contribution >= 0.6 is 22.9 Å². The summed E-state index contributed by atoms with van der Waals surface area (Å²) in [6.07, 6.45) is 1.82. The van der Waals surface area contributed by atoms with E-state index >= 15 is 0 Å². The third-order valence-corrected chi connectivity index (χ3v) is 4.37. The van der Waals surface area contributed by atoms with Gasteiger partial charge in [0.15, 0.2) is 0 Å². The van der Waals surface area contributed by atoms with Gasteiger partial charge in [0.2, 0.25) is 0 Å². The molecule has 1 heterocycles. The van der Waals surface area contributed by atoms with Crippen molar-refractivity contribution < 1.29 is 4.39 Å². The van der Waals surface area contributed by atoms with Crippen molar-refractivity contribution in [2.75, 3.05) is 6.54 Å². The third-order valence-electron chi connectivity index (χ3n) is 3.03. The van der Waals surface area contributed by atoms with Crippen molar-refractivity contribution in [1.29, 1.82) is 0 Å². The van der Waals surface area contributed by atoms with Crippen molar-refractivity contribution in [3.8, 4) is 0 Å². The van der Waals surface area contributed by atoms with Crippen LogP contribution < -0.4 is 5.32 Å². The van der Waals surface area contributed by atoms with E-state index in [1.54, 1.807) is 17.4 Å². The first-order valence-electron chi connectivity index (χ1n) is 6.15. The Labute approximate surface area is 121 Å². The van der Waals surface area contributed by atoms with E-state index in [1.807, 2.05) is 18.5 Å². The molecule has 2 aromatic rings. The average molecular weight is 299 g/mol. The second-order valence-electron chi connectivity index (χ2n) is 4.57. The number of halogens is 2. The molecule has 5 heteroatoms. The minimum Gasteiger partial charge on any atom is -0.309 e. The molecule has 1 N–H and O–H groups in total. The van der Waals surface area contributed by atoms with Gasteiger partial charge in [0.05, 0.1) is 5.01 Å². The molecule has 0 aliphatic heterocycles. The Morgan fingerprint density at radius 3 is 2.84 bits per heavy atom. The summed E-state index contributed by atoms with van der Waals surface area (Å²) < 4.78 is 13.0. The van der Waals surface area contributed by atoms with Gasteiger partial charge in [-0.1, -0.05) is 24.6 Å². The lowest BCUT2D eigenvalue weighted by Crippen LogP contribution is -2.23. The molecule has 2 unspecified atom stereocenters. The molecule has 0 fully saturated rings. The fourth-order valence-electron chi connectivity index (χ4n) is 1.88. The summed E-state index contributed by atoms with van der Waals surface area (Å²) in [6, 6.07) is 4.59. The zero-order valence-electron chi connectivity index (χ0n) is 10.9. The van der Waals surface area contributed by atoms with Gasteiger partial charge < -0.3 is 5.32 Å². The molecule has 102 valence electrons. The van der Waals surface area contributed by atoms with Gasteiger partial charge in [0, 0.05) is 35.1 Å². The van der Waals surface area contributed by atoms with E-state index in [0.717, 1.165) is 17.1 Å². The second-order valence-corrected chi connectivity index (χ2v) is 5.90. The number of nitrogens with one attached hydrogen (secondary N) is 1. The number of aromatic nitrogens is 1. The lowest BCUT2D eigenvalue weighted by Gasteiger charge is -2.18. The largest absolute Gasteiger partial charge is 0.309 e. The molecule has 0 bridgehead atoms. The topological polar surface area (TPSA) is 24.9 Å². The average Bonchev–Trinajstić information content (AvgIpc) is 2.89. The lowest BCUT2D eigenvalue weighted by molar-refractivity contribution is 0.535. The molecular weight excluding hydrogens is 283 g/mol. The summed E-state index contributed by atoms with van der Waals surface area (Å²) in [6.45, 7) is 4.96. The van der Waals surface area contributed by atoms with Crippen LogP contribution in [0.25, 0.3) is 0 Å². The highest BCUT2D eigenvalue weighted by atomic mass is 35.5. The number of hydrogen-bond acceptors (Lipinski definition) is 3. The Bertz CT molecular complexity index is 530. The fraction of sp³-hybridized carbons (Fsp3) is 0.357. The van der Waals surface area contributed by atoms with Crippen LogP contribution in [0.3, 0.4) is 0 Å². The highest BCUT2D eigenvalue weighted by Gasteiger charge is 2.13. The van der Waals surface area contributed by atoms with Crippen LogP contribution in [0, 0.1) is 5.82 Å². The minimum atomic E-state index is -0.308. The monoisotopic (exact) mass is 298 g/mol. The lowest BCUT2D eigenvalue weighted by atomic mass is 10.1. The summed E-state index contributed by atoms with van der Waals surface area (Å²) in [7, 11) is 0. The molecule has 0 saturated heterocycles. The van der Waals surface area contributed by atoms with Crippen LogP contribution in [-0.4, -0.2) is 11.5 Å². The van der Waals surface area contributed by atoms with Crippen molar-refractivity contribution in [3.05, 3.63) is 51.2 Å². The number of nitrogens with zero attached hydrogens (tertiary/aromatic N) is 1. The zero-order chi connectivity index (χ0) is 13.8. The molecule has 1 aromatic carbocycles. The fourth-order valence-corrected chi connectivity index (χ4v) is 2.91. The van der Waals surface area contributed by atoms with Crippen LogP contribution in [0.4, 0.5) is 4.39 Å². The zero-order valence-corrected chi connectivity index (χ0v) is 12.4. The van der Waals surface area contributed by atoms with Gasteiger partial charge in [-0.2, -0.15) is 0 Å². The van der Waals surface area contributed by atoms with E-state index in [-0.39, 0.29) is 11.9 Å². The summed E-state index contributed by atoms with van der Waals surface area (Å²) in [4.78, 5) is 4.30. The number of hydrogen-bond donors (Lipinski definition) is 1. The molecule has 0 aliphatic rings. The molecule has 19 heavy (non-hydrogen) atoms. The van der Waals surface area contributed by atoms with Crippen molar-refractivity contribution in [2.24, 2.45) is 0 Å². The molecule has 0 radical (unpaired) electrons. The number of thiazole rings is 1. The molecule has 0 saturated carbocycles. The summed E-state index contributed by atoms with van der Waals surface area (Å²) in [5.74, 6) is 0.0405. The first-order chi connectivity index (χ1) is 9.08. The maximum absolute atomic E-state index is 13.0. The van der Waals surface area contributed by atoms with E-state index < -0.39 is 0 Å². The molecule has 1 aromatic heterocycles. The molecular formula is C14H16ClFN2S. The van der Waals surface area contributed by atoms with Gasteiger partial charge in [-0.15, -0.1) is 11.3 Å². The van der Waals surface area contributed by atoms with E-state index in [0.29, 0.717) is 10.9 Å². The second kappa shape index (κ2) is 6.46. The van der Waals surface area contributed by atoms with E-state index in [1.165, 1.54) is 12.1 Å². The normalized spacial score (nSPS) is 14.3. The van der Waals surface area contributed by atoms with Gasteiger partial charge in [-0.05, 0) is 24.6 Å². The summed E-state index contributed by atoms with van der Waals surface area (Å²) >= 11 is 7.71. The number of rotatable bonds is 5. The Hall–Kier alpha value is -0.970. The molecule has 2 nitrogen and oxygen atoms in total. The number of benzene rings is 1. The Morgan fingerprint density at radius 2 is 2.21 bits per heavy atom. The van der Waals surface area contributed by atoms with Crippen LogP contribution in [-0.2, 0) is 0 Å². The minimum absolute atomic E-state index is 0.0792. The summed E-state index contributed by atoms with van der Waals surface area (Å²) in [5, 5.41) is 6.96. The standard InChI is InChI=1S/C14H16ClFN2S/c1-9(14-17-5-6-19-14)8-18-10(2)12-4-3-11(16)7-13(12)15/h3-7,9-10,18H,8H2,1-2H3. The molecule has 0 spiro atoms. The quantitative estimate of drug-likeness (QED) is 0.885. The Balaban J connectivity index is 1.96. The Kier molecular flexibility index (Phi) is 4.91. The predicted molar refractivity (Wildman–Crippen MR) is 78.4 cm³/mol. The van der Waals surface area contributed by atoms with Gasteiger partial charge in [0.25, 0.3) is 0 Å². The van der Waals surface area contributed by atoms with Gasteiger partial charge in [0.1, 0.15) is 5.82 Å². The molecule has 2 atom stereocenters. The van der Waals surface area contributed by atoms with Crippen LogP contribution in [0.15, 0.2) is 29.8 Å². The first-order valence-corrected chi connectivity index (χ1v) is 7.41. The highest BCUT2D eigenvalue weighted by molar-refractivity contribution is 7.09.